The van der Waals surface area contributed by atoms with Crippen molar-refractivity contribution in [3.63, 3.8) is 0 Å². The van der Waals surface area contributed by atoms with Crippen molar-refractivity contribution in [3.05, 3.63) is 57.8 Å². The van der Waals surface area contributed by atoms with Crippen LogP contribution < -0.4 is 5.32 Å². The van der Waals surface area contributed by atoms with E-state index in [1.54, 1.807) is 18.4 Å². The lowest BCUT2D eigenvalue weighted by atomic mass is 10.0. The van der Waals surface area contributed by atoms with Gasteiger partial charge in [0.15, 0.2) is 0 Å². The number of thiophene rings is 1. The van der Waals surface area contributed by atoms with E-state index in [0.717, 1.165) is 6.07 Å². The van der Waals surface area contributed by atoms with E-state index in [-0.39, 0.29) is 6.04 Å². The molecule has 1 aromatic carbocycles. The van der Waals surface area contributed by atoms with Gasteiger partial charge in [0.05, 0.1) is 0 Å². The van der Waals surface area contributed by atoms with Crippen molar-refractivity contribution in [2.45, 2.75) is 12.5 Å². The molecule has 1 atom stereocenters. The molecule has 0 bridgehead atoms. The topological polar surface area (TPSA) is 12.0 Å². The summed E-state index contributed by atoms with van der Waals surface area (Å²) in [5, 5.41) is 5.05. The fourth-order valence-electron chi connectivity index (χ4n) is 1.78. The smallest absolute Gasteiger partial charge is 0.130 e. The monoisotopic (exact) mass is 253 g/mol. The molecule has 1 aromatic heterocycles. The molecule has 1 N–H and O–H groups in total. The van der Waals surface area contributed by atoms with Gasteiger partial charge >= 0.3 is 0 Å². The summed E-state index contributed by atoms with van der Waals surface area (Å²) in [6, 6.07) is 7.56. The Bertz CT molecular complexity index is 482. The highest BCUT2D eigenvalue weighted by Crippen LogP contribution is 2.23. The maximum Gasteiger partial charge on any atom is 0.130 e. The normalized spacial score (nSPS) is 12.6. The Balaban J connectivity index is 2.23. The molecular formula is C13H13F2NS. The molecule has 4 heteroatoms. The lowest BCUT2D eigenvalue weighted by molar-refractivity contribution is 0.523. The Labute approximate surface area is 103 Å². The fourth-order valence-corrected chi connectivity index (χ4v) is 2.53. The van der Waals surface area contributed by atoms with Crippen LogP contribution in [-0.4, -0.2) is 7.05 Å². The van der Waals surface area contributed by atoms with Crippen LogP contribution in [0.25, 0.3) is 0 Å². The van der Waals surface area contributed by atoms with Crippen molar-refractivity contribution < 1.29 is 8.78 Å². The Morgan fingerprint density at radius 3 is 2.71 bits per heavy atom. The maximum atomic E-state index is 13.6. The molecule has 17 heavy (non-hydrogen) atoms. The van der Waals surface area contributed by atoms with E-state index in [1.807, 2.05) is 17.5 Å². The first-order valence-electron chi connectivity index (χ1n) is 5.35. The summed E-state index contributed by atoms with van der Waals surface area (Å²) in [5.74, 6) is -1.04. The molecule has 0 aliphatic carbocycles. The van der Waals surface area contributed by atoms with Gasteiger partial charge in [0, 0.05) is 29.0 Å². The molecule has 0 aliphatic heterocycles. The molecule has 90 valence electrons. The van der Waals surface area contributed by atoms with Crippen LogP contribution in [0.15, 0.2) is 35.7 Å². The van der Waals surface area contributed by atoms with Crippen LogP contribution in [0.1, 0.15) is 16.5 Å². The fraction of sp³-hybridized carbons (Fsp3) is 0.231. The van der Waals surface area contributed by atoms with Gasteiger partial charge < -0.3 is 5.32 Å². The van der Waals surface area contributed by atoms with Gasteiger partial charge in [-0.05, 0) is 24.6 Å². The largest absolute Gasteiger partial charge is 0.313 e. The second-order valence-electron chi connectivity index (χ2n) is 3.79. The molecular weight excluding hydrogens is 240 g/mol. The molecule has 0 radical (unpaired) electrons. The number of halogens is 2. The van der Waals surface area contributed by atoms with Gasteiger partial charge in [0.2, 0.25) is 0 Å². The van der Waals surface area contributed by atoms with Gasteiger partial charge in [-0.1, -0.05) is 12.1 Å². The summed E-state index contributed by atoms with van der Waals surface area (Å²) in [6.45, 7) is 0. The lowest BCUT2D eigenvalue weighted by Crippen LogP contribution is -2.19. The van der Waals surface area contributed by atoms with Gasteiger partial charge in [-0.15, -0.1) is 11.3 Å². The minimum absolute atomic E-state index is 0.130. The van der Waals surface area contributed by atoms with Crippen molar-refractivity contribution in [2.75, 3.05) is 7.05 Å². The maximum absolute atomic E-state index is 13.6. The Hall–Kier alpha value is -1.26. The van der Waals surface area contributed by atoms with Crippen molar-refractivity contribution in [1.29, 1.82) is 0 Å². The molecule has 0 aliphatic rings. The van der Waals surface area contributed by atoms with E-state index < -0.39 is 11.6 Å². The molecule has 0 saturated heterocycles. The third-order valence-corrected chi connectivity index (χ3v) is 3.57. The van der Waals surface area contributed by atoms with E-state index in [0.29, 0.717) is 12.0 Å². The Morgan fingerprint density at radius 1 is 1.29 bits per heavy atom. The second-order valence-corrected chi connectivity index (χ2v) is 4.82. The summed E-state index contributed by atoms with van der Waals surface area (Å²) in [4.78, 5) is 1.17. The minimum Gasteiger partial charge on any atom is -0.313 e. The zero-order valence-corrected chi connectivity index (χ0v) is 10.2. The number of hydrogen-bond donors (Lipinski definition) is 1. The van der Waals surface area contributed by atoms with Crippen molar-refractivity contribution in [1.82, 2.24) is 5.32 Å². The lowest BCUT2D eigenvalue weighted by Gasteiger charge is -2.16. The number of rotatable bonds is 4. The summed E-state index contributed by atoms with van der Waals surface area (Å²) < 4.78 is 26.5. The summed E-state index contributed by atoms with van der Waals surface area (Å²) >= 11 is 1.63. The molecule has 0 amide bonds. The predicted octanol–water partition coefficient (Wildman–Crippen LogP) is 3.53. The summed E-state index contributed by atoms with van der Waals surface area (Å²) in [7, 11) is 1.78. The third-order valence-electron chi connectivity index (χ3n) is 2.67. The van der Waals surface area contributed by atoms with E-state index in [1.165, 1.54) is 17.0 Å². The number of hydrogen-bond acceptors (Lipinski definition) is 2. The van der Waals surface area contributed by atoms with Gasteiger partial charge in [-0.3, -0.25) is 0 Å². The minimum atomic E-state index is -0.544. The molecule has 1 heterocycles. The Morgan fingerprint density at radius 2 is 2.12 bits per heavy atom. The summed E-state index contributed by atoms with van der Waals surface area (Å²) in [6.07, 6.45) is 0.705. The van der Waals surface area contributed by atoms with Crippen molar-refractivity contribution in [3.8, 4) is 0 Å². The molecule has 0 spiro atoms. The van der Waals surface area contributed by atoms with Gasteiger partial charge in [0.1, 0.15) is 11.6 Å². The highest BCUT2D eigenvalue weighted by molar-refractivity contribution is 7.09. The number of likely N-dealkylation sites (N-methyl/N-ethyl adjacent to an activating group) is 1. The van der Waals surface area contributed by atoms with Crippen LogP contribution in [0.4, 0.5) is 8.78 Å². The van der Waals surface area contributed by atoms with Crippen molar-refractivity contribution >= 4 is 11.3 Å². The zero-order chi connectivity index (χ0) is 12.3. The molecule has 0 fully saturated rings. The van der Waals surface area contributed by atoms with Gasteiger partial charge in [-0.25, -0.2) is 8.78 Å². The number of nitrogens with one attached hydrogen (secondary N) is 1. The van der Waals surface area contributed by atoms with Crippen LogP contribution in [0.5, 0.6) is 0 Å². The van der Waals surface area contributed by atoms with E-state index >= 15 is 0 Å². The van der Waals surface area contributed by atoms with Gasteiger partial charge in [-0.2, -0.15) is 0 Å². The van der Waals surface area contributed by atoms with E-state index in [4.69, 9.17) is 0 Å². The predicted molar refractivity (Wildman–Crippen MR) is 66.2 cm³/mol. The third kappa shape index (κ3) is 2.90. The SMILES string of the molecule is CNC(Cc1cccs1)c1ccc(F)cc1F. The molecule has 1 unspecified atom stereocenters. The standard InChI is InChI=1S/C13H13F2NS/c1-16-13(8-10-3-2-6-17-10)11-5-4-9(14)7-12(11)15/h2-7,13,16H,8H2,1H3. The zero-order valence-electron chi connectivity index (χ0n) is 9.41. The average molecular weight is 253 g/mol. The number of benzene rings is 1. The van der Waals surface area contributed by atoms with Crippen LogP contribution >= 0.6 is 11.3 Å². The highest BCUT2D eigenvalue weighted by atomic mass is 32.1. The first-order chi connectivity index (χ1) is 8.20. The Kier molecular flexibility index (Phi) is 3.86. The average Bonchev–Trinajstić information content (AvgIpc) is 2.79. The second kappa shape index (κ2) is 5.38. The van der Waals surface area contributed by atoms with Crippen LogP contribution in [0.2, 0.25) is 0 Å². The quantitative estimate of drug-likeness (QED) is 0.879. The van der Waals surface area contributed by atoms with E-state index in [2.05, 4.69) is 5.32 Å². The van der Waals surface area contributed by atoms with Gasteiger partial charge in [0.25, 0.3) is 0 Å². The van der Waals surface area contributed by atoms with Crippen LogP contribution in [0, 0.1) is 11.6 Å². The first kappa shape index (κ1) is 12.2. The molecule has 2 rings (SSSR count). The molecule has 1 nitrogen and oxygen atoms in total. The first-order valence-corrected chi connectivity index (χ1v) is 6.23. The highest BCUT2D eigenvalue weighted by Gasteiger charge is 2.15. The molecule has 0 saturated carbocycles. The van der Waals surface area contributed by atoms with Crippen LogP contribution in [0.3, 0.4) is 0 Å². The molecule has 2 aromatic rings. The van der Waals surface area contributed by atoms with Crippen molar-refractivity contribution in [2.24, 2.45) is 0 Å². The van der Waals surface area contributed by atoms with Crippen LogP contribution in [-0.2, 0) is 6.42 Å². The summed E-state index contributed by atoms with van der Waals surface area (Å²) in [5.41, 5.74) is 0.502. The van der Waals surface area contributed by atoms with E-state index in [9.17, 15) is 8.78 Å².